The number of rotatable bonds is 3. The third-order valence-corrected chi connectivity index (χ3v) is 2.39. The molecule has 0 atom stereocenters. The van der Waals surface area contributed by atoms with E-state index in [2.05, 4.69) is 36.2 Å². The van der Waals surface area contributed by atoms with Gasteiger partial charge in [-0.25, -0.2) is 0 Å². The van der Waals surface area contributed by atoms with E-state index in [0.717, 1.165) is 10.2 Å². The quantitative estimate of drug-likeness (QED) is 0.900. The van der Waals surface area contributed by atoms with E-state index in [1.807, 2.05) is 24.3 Å². The number of ether oxygens (including phenoxy) is 1. The molecule has 0 amide bonds. The number of nitrogens with one attached hydrogen (secondary N) is 1. The van der Waals surface area contributed by atoms with E-state index in [0.29, 0.717) is 5.95 Å². The van der Waals surface area contributed by atoms with Crippen LogP contribution in [0.3, 0.4) is 0 Å². The highest BCUT2D eigenvalue weighted by atomic mass is 79.9. The molecule has 0 saturated heterocycles. The van der Waals surface area contributed by atoms with Gasteiger partial charge in [0.1, 0.15) is 0 Å². The van der Waals surface area contributed by atoms with Gasteiger partial charge in [-0.15, -0.1) is 0 Å². The Labute approximate surface area is 106 Å². The minimum Gasteiger partial charge on any atom is -0.467 e. The summed E-state index contributed by atoms with van der Waals surface area (Å²) >= 11 is 3.38. The monoisotopic (exact) mass is 295 g/mol. The molecule has 17 heavy (non-hydrogen) atoms. The molecule has 0 unspecified atom stereocenters. The van der Waals surface area contributed by atoms with E-state index >= 15 is 0 Å². The van der Waals surface area contributed by atoms with Crippen molar-refractivity contribution in [1.82, 2.24) is 15.0 Å². The number of hydrogen-bond acceptors (Lipinski definition) is 6. The Morgan fingerprint density at radius 1 is 1.29 bits per heavy atom. The molecule has 1 heterocycles. The first-order chi connectivity index (χ1) is 8.17. The van der Waals surface area contributed by atoms with Gasteiger partial charge >= 0.3 is 6.01 Å². The zero-order valence-corrected chi connectivity index (χ0v) is 10.6. The molecule has 6 nitrogen and oxygen atoms in total. The molecule has 1 aromatic carbocycles. The van der Waals surface area contributed by atoms with Crippen LogP contribution >= 0.6 is 15.9 Å². The SMILES string of the molecule is COc1nc(N)nc(Nc2cccc(Br)c2)n1. The maximum Gasteiger partial charge on any atom is 0.322 e. The fourth-order valence-electron chi connectivity index (χ4n) is 1.21. The lowest BCUT2D eigenvalue weighted by Gasteiger charge is -2.06. The standard InChI is InChI=1S/C10H10BrN5O/c1-17-10-15-8(12)14-9(16-10)13-7-4-2-3-6(11)5-7/h2-5H,1H3,(H3,12,13,14,15,16). The van der Waals surface area contributed by atoms with Gasteiger partial charge in [0.05, 0.1) is 7.11 Å². The van der Waals surface area contributed by atoms with Crippen molar-refractivity contribution < 1.29 is 4.74 Å². The minimum atomic E-state index is 0.106. The van der Waals surface area contributed by atoms with Crippen LogP contribution in [-0.2, 0) is 0 Å². The van der Waals surface area contributed by atoms with Gasteiger partial charge in [-0.1, -0.05) is 22.0 Å². The Balaban J connectivity index is 2.26. The summed E-state index contributed by atoms with van der Waals surface area (Å²) < 4.78 is 5.86. The summed E-state index contributed by atoms with van der Waals surface area (Å²) in [5.74, 6) is 0.446. The molecule has 7 heteroatoms. The number of nitrogens with two attached hydrogens (primary N) is 1. The first kappa shape index (κ1) is 11.6. The van der Waals surface area contributed by atoms with Gasteiger partial charge in [-0.3, -0.25) is 0 Å². The second-order valence-electron chi connectivity index (χ2n) is 3.14. The number of nitrogen functional groups attached to an aromatic ring is 1. The van der Waals surface area contributed by atoms with E-state index in [4.69, 9.17) is 10.5 Å². The van der Waals surface area contributed by atoms with Crippen LogP contribution in [0.25, 0.3) is 0 Å². The lowest BCUT2D eigenvalue weighted by atomic mass is 10.3. The molecule has 0 radical (unpaired) electrons. The van der Waals surface area contributed by atoms with Crippen LogP contribution in [0.2, 0.25) is 0 Å². The maximum atomic E-state index is 5.53. The van der Waals surface area contributed by atoms with Crippen LogP contribution in [0.1, 0.15) is 0 Å². The Hall–Kier alpha value is -1.89. The number of methoxy groups -OCH3 is 1. The molecular weight excluding hydrogens is 286 g/mol. The van der Waals surface area contributed by atoms with Crippen LogP contribution in [0, 0.1) is 0 Å². The summed E-state index contributed by atoms with van der Waals surface area (Å²) in [6, 6.07) is 7.78. The van der Waals surface area contributed by atoms with E-state index in [1.165, 1.54) is 7.11 Å². The predicted molar refractivity (Wildman–Crippen MR) is 68.2 cm³/mol. The van der Waals surface area contributed by atoms with Gasteiger partial charge in [0.15, 0.2) is 0 Å². The number of aromatic nitrogens is 3. The normalized spacial score (nSPS) is 10.0. The summed E-state index contributed by atoms with van der Waals surface area (Å²) in [6.07, 6.45) is 0. The Morgan fingerprint density at radius 3 is 2.82 bits per heavy atom. The summed E-state index contributed by atoms with van der Waals surface area (Å²) in [4.78, 5) is 11.8. The topological polar surface area (TPSA) is 86.0 Å². The first-order valence-electron chi connectivity index (χ1n) is 4.75. The molecule has 1 aromatic heterocycles. The van der Waals surface area contributed by atoms with E-state index in [-0.39, 0.29) is 12.0 Å². The minimum absolute atomic E-state index is 0.106. The molecule has 0 spiro atoms. The summed E-state index contributed by atoms with van der Waals surface area (Å²) in [6.45, 7) is 0. The van der Waals surface area contributed by atoms with Gasteiger partial charge in [-0.05, 0) is 18.2 Å². The van der Waals surface area contributed by atoms with Crippen molar-refractivity contribution in [2.45, 2.75) is 0 Å². The van der Waals surface area contributed by atoms with Crippen LogP contribution < -0.4 is 15.8 Å². The fraction of sp³-hybridized carbons (Fsp3) is 0.100. The van der Waals surface area contributed by atoms with Crippen LogP contribution in [0.15, 0.2) is 28.7 Å². The number of hydrogen-bond donors (Lipinski definition) is 2. The van der Waals surface area contributed by atoms with Crippen molar-refractivity contribution in [3.05, 3.63) is 28.7 Å². The van der Waals surface area contributed by atoms with Crippen molar-refractivity contribution in [3.8, 4) is 6.01 Å². The smallest absolute Gasteiger partial charge is 0.322 e. The average Bonchev–Trinajstić information content (AvgIpc) is 2.28. The molecule has 0 aliphatic rings. The first-order valence-corrected chi connectivity index (χ1v) is 5.55. The lowest BCUT2D eigenvalue weighted by molar-refractivity contribution is 0.380. The van der Waals surface area contributed by atoms with Crippen molar-refractivity contribution in [1.29, 1.82) is 0 Å². The molecule has 0 bridgehead atoms. The predicted octanol–water partition coefficient (Wildman–Crippen LogP) is 1.97. The Morgan fingerprint density at radius 2 is 2.12 bits per heavy atom. The van der Waals surface area contributed by atoms with Gasteiger partial charge in [-0.2, -0.15) is 15.0 Å². The van der Waals surface area contributed by atoms with Crippen molar-refractivity contribution in [2.75, 3.05) is 18.2 Å². The number of anilines is 3. The van der Waals surface area contributed by atoms with Crippen molar-refractivity contribution in [3.63, 3.8) is 0 Å². The zero-order chi connectivity index (χ0) is 12.3. The van der Waals surface area contributed by atoms with Gasteiger partial charge < -0.3 is 15.8 Å². The number of halogens is 1. The second kappa shape index (κ2) is 4.96. The highest BCUT2D eigenvalue weighted by Gasteiger charge is 2.04. The van der Waals surface area contributed by atoms with Gasteiger partial charge in [0, 0.05) is 10.2 Å². The zero-order valence-electron chi connectivity index (χ0n) is 9.01. The summed E-state index contributed by atoms with van der Waals surface area (Å²) in [5.41, 5.74) is 6.37. The molecular formula is C10H10BrN5O. The van der Waals surface area contributed by atoms with Crippen LogP contribution in [-0.4, -0.2) is 22.1 Å². The molecule has 2 rings (SSSR count). The lowest BCUT2D eigenvalue weighted by Crippen LogP contribution is -2.05. The highest BCUT2D eigenvalue weighted by molar-refractivity contribution is 9.10. The van der Waals surface area contributed by atoms with Crippen LogP contribution in [0.4, 0.5) is 17.6 Å². The molecule has 0 fully saturated rings. The van der Waals surface area contributed by atoms with Gasteiger partial charge in [0.25, 0.3) is 0 Å². The molecule has 0 aliphatic carbocycles. The Bertz CT molecular complexity index is 534. The van der Waals surface area contributed by atoms with E-state index in [1.54, 1.807) is 0 Å². The molecule has 88 valence electrons. The second-order valence-corrected chi connectivity index (χ2v) is 4.05. The number of benzene rings is 1. The van der Waals surface area contributed by atoms with Gasteiger partial charge in [0.2, 0.25) is 11.9 Å². The van der Waals surface area contributed by atoms with E-state index < -0.39 is 0 Å². The Kier molecular flexibility index (Phi) is 3.38. The summed E-state index contributed by atoms with van der Waals surface area (Å²) in [7, 11) is 1.47. The van der Waals surface area contributed by atoms with Crippen molar-refractivity contribution in [2.24, 2.45) is 0 Å². The van der Waals surface area contributed by atoms with Crippen LogP contribution in [0.5, 0.6) is 6.01 Å². The highest BCUT2D eigenvalue weighted by Crippen LogP contribution is 2.19. The van der Waals surface area contributed by atoms with Crippen molar-refractivity contribution >= 4 is 33.5 Å². The molecule has 2 aromatic rings. The molecule has 0 aliphatic heterocycles. The largest absolute Gasteiger partial charge is 0.467 e. The van der Waals surface area contributed by atoms with E-state index in [9.17, 15) is 0 Å². The summed E-state index contributed by atoms with van der Waals surface area (Å²) in [5, 5.41) is 3.01. The fourth-order valence-corrected chi connectivity index (χ4v) is 1.61. The number of nitrogens with zero attached hydrogens (tertiary/aromatic N) is 3. The average molecular weight is 296 g/mol. The third kappa shape index (κ3) is 3.04. The maximum absolute atomic E-state index is 5.53. The third-order valence-electron chi connectivity index (χ3n) is 1.90. The molecule has 0 saturated carbocycles. The molecule has 3 N–H and O–H groups in total.